The topological polar surface area (TPSA) is 60.2 Å². The lowest BCUT2D eigenvalue weighted by atomic mass is 9.96. The summed E-state index contributed by atoms with van der Waals surface area (Å²) in [7, 11) is 1.73. The number of methoxy groups -OCH3 is 1. The number of nitrogens with zero attached hydrogens (tertiary/aromatic N) is 1. The van der Waals surface area contributed by atoms with Crippen molar-refractivity contribution >= 4 is 10.9 Å². The largest absolute Gasteiger partial charge is 0.384 e. The van der Waals surface area contributed by atoms with Crippen molar-refractivity contribution in [3.05, 3.63) is 42.1 Å². The summed E-state index contributed by atoms with van der Waals surface area (Å²) in [6, 6.07) is 10.4. The SMILES string of the molecule is COCC(C)CC(NN)c1ccc2ncccc2c1. The van der Waals surface area contributed by atoms with Gasteiger partial charge in [-0.25, -0.2) is 0 Å². The highest BCUT2D eigenvalue weighted by molar-refractivity contribution is 5.79. The first-order valence-corrected chi connectivity index (χ1v) is 6.54. The van der Waals surface area contributed by atoms with E-state index in [4.69, 9.17) is 10.6 Å². The zero-order valence-corrected chi connectivity index (χ0v) is 11.5. The molecular formula is C15H21N3O. The molecule has 0 amide bonds. The lowest BCUT2D eigenvalue weighted by Crippen LogP contribution is -2.30. The number of rotatable bonds is 6. The second kappa shape index (κ2) is 6.61. The van der Waals surface area contributed by atoms with Crippen molar-refractivity contribution in [1.29, 1.82) is 0 Å². The summed E-state index contributed by atoms with van der Waals surface area (Å²) in [5.41, 5.74) is 5.09. The Kier molecular flexibility index (Phi) is 4.85. The molecule has 2 unspecified atom stereocenters. The molecule has 0 bridgehead atoms. The number of hydrogen-bond donors (Lipinski definition) is 2. The van der Waals surface area contributed by atoms with Gasteiger partial charge in [-0.1, -0.05) is 19.1 Å². The molecule has 0 fully saturated rings. The number of aromatic nitrogens is 1. The Balaban J connectivity index is 2.20. The molecule has 2 aromatic rings. The van der Waals surface area contributed by atoms with Gasteiger partial charge >= 0.3 is 0 Å². The molecule has 3 N–H and O–H groups in total. The van der Waals surface area contributed by atoms with Gasteiger partial charge in [0.15, 0.2) is 0 Å². The van der Waals surface area contributed by atoms with Gasteiger partial charge in [-0.3, -0.25) is 16.3 Å². The second-order valence-electron chi connectivity index (χ2n) is 4.97. The number of ether oxygens (including phenoxy) is 1. The maximum absolute atomic E-state index is 5.69. The van der Waals surface area contributed by atoms with Crippen LogP contribution in [0.4, 0.5) is 0 Å². The summed E-state index contributed by atoms with van der Waals surface area (Å²) in [5.74, 6) is 6.14. The minimum atomic E-state index is 0.134. The maximum atomic E-state index is 5.69. The minimum Gasteiger partial charge on any atom is -0.384 e. The van der Waals surface area contributed by atoms with Crippen LogP contribution >= 0.6 is 0 Å². The fourth-order valence-corrected chi connectivity index (χ4v) is 2.37. The normalized spacial score (nSPS) is 14.5. The van der Waals surface area contributed by atoms with E-state index in [1.807, 2.05) is 12.1 Å². The van der Waals surface area contributed by atoms with Crippen molar-refractivity contribution in [1.82, 2.24) is 10.4 Å². The van der Waals surface area contributed by atoms with Gasteiger partial charge in [0.25, 0.3) is 0 Å². The van der Waals surface area contributed by atoms with E-state index in [0.717, 1.165) is 23.9 Å². The van der Waals surface area contributed by atoms with Crippen LogP contribution in [0.2, 0.25) is 0 Å². The van der Waals surface area contributed by atoms with Crippen LogP contribution in [0.15, 0.2) is 36.5 Å². The van der Waals surface area contributed by atoms with E-state index < -0.39 is 0 Å². The maximum Gasteiger partial charge on any atom is 0.0702 e. The third kappa shape index (κ3) is 3.50. The van der Waals surface area contributed by atoms with E-state index >= 15 is 0 Å². The van der Waals surface area contributed by atoms with Crippen molar-refractivity contribution in [2.45, 2.75) is 19.4 Å². The number of hydrogen-bond acceptors (Lipinski definition) is 4. The van der Waals surface area contributed by atoms with Crippen LogP contribution in [0.1, 0.15) is 24.9 Å². The number of hydrazine groups is 1. The minimum absolute atomic E-state index is 0.134. The standard InChI is InChI=1S/C15H21N3O/c1-11(10-19-2)8-15(18-16)13-5-6-14-12(9-13)4-3-7-17-14/h3-7,9,11,15,18H,8,10,16H2,1-2H3. The molecule has 0 aliphatic carbocycles. The molecule has 102 valence electrons. The molecule has 1 aromatic carbocycles. The fourth-order valence-electron chi connectivity index (χ4n) is 2.37. The summed E-state index contributed by atoms with van der Waals surface area (Å²) in [5, 5.41) is 1.14. The zero-order valence-electron chi connectivity index (χ0n) is 11.5. The second-order valence-corrected chi connectivity index (χ2v) is 4.97. The van der Waals surface area contributed by atoms with Crippen LogP contribution in [-0.2, 0) is 4.74 Å². The van der Waals surface area contributed by atoms with E-state index in [2.05, 4.69) is 35.5 Å². The Labute approximate surface area is 113 Å². The molecule has 0 radical (unpaired) electrons. The van der Waals surface area contributed by atoms with Crippen molar-refractivity contribution in [2.24, 2.45) is 11.8 Å². The summed E-state index contributed by atoms with van der Waals surface area (Å²) >= 11 is 0. The summed E-state index contributed by atoms with van der Waals surface area (Å²) in [4.78, 5) is 4.33. The Morgan fingerprint density at radius 2 is 2.21 bits per heavy atom. The first-order chi connectivity index (χ1) is 9.24. The molecule has 0 saturated carbocycles. The Hall–Kier alpha value is -1.49. The van der Waals surface area contributed by atoms with Crippen molar-refractivity contribution in [3.8, 4) is 0 Å². The zero-order chi connectivity index (χ0) is 13.7. The fraction of sp³-hybridized carbons (Fsp3) is 0.400. The summed E-state index contributed by atoms with van der Waals surface area (Å²) in [6.07, 6.45) is 2.75. The smallest absolute Gasteiger partial charge is 0.0702 e. The number of nitrogens with one attached hydrogen (secondary N) is 1. The predicted molar refractivity (Wildman–Crippen MR) is 77.5 cm³/mol. The average molecular weight is 259 g/mol. The average Bonchev–Trinajstić information content (AvgIpc) is 2.44. The summed E-state index contributed by atoms with van der Waals surface area (Å²) < 4.78 is 5.18. The van der Waals surface area contributed by atoms with Gasteiger partial charge in [0.1, 0.15) is 0 Å². The van der Waals surface area contributed by atoms with Gasteiger partial charge in [0.05, 0.1) is 5.52 Å². The van der Waals surface area contributed by atoms with Crippen LogP contribution in [-0.4, -0.2) is 18.7 Å². The molecule has 0 spiro atoms. The third-order valence-corrected chi connectivity index (χ3v) is 3.32. The van der Waals surface area contributed by atoms with Crippen LogP contribution < -0.4 is 11.3 Å². The first-order valence-electron chi connectivity index (χ1n) is 6.54. The van der Waals surface area contributed by atoms with Crippen LogP contribution in [0, 0.1) is 5.92 Å². The lowest BCUT2D eigenvalue weighted by molar-refractivity contribution is 0.149. The molecule has 2 rings (SSSR count). The highest BCUT2D eigenvalue weighted by atomic mass is 16.5. The quantitative estimate of drug-likeness (QED) is 0.618. The van der Waals surface area contributed by atoms with Crippen molar-refractivity contribution in [3.63, 3.8) is 0 Å². The summed E-state index contributed by atoms with van der Waals surface area (Å²) in [6.45, 7) is 2.91. The van der Waals surface area contributed by atoms with Crippen molar-refractivity contribution in [2.75, 3.05) is 13.7 Å². The molecule has 0 saturated heterocycles. The molecule has 4 heteroatoms. The van der Waals surface area contributed by atoms with E-state index in [9.17, 15) is 0 Å². The van der Waals surface area contributed by atoms with Crippen LogP contribution in [0.3, 0.4) is 0 Å². The van der Waals surface area contributed by atoms with Gasteiger partial charge in [0, 0.05) is 31.3 Å². The van der Waals surface area contributed by atoms with Crippen molar-refractivity contribution < 1.29 is 4.74 Å². The molecule has 0 aliphatic heterocycles. The Bertz CT molecular complexity index is 530. The number of fused-ring (bicyclic) bond motifs is 1. The molecule has 1 aromatic heterocycles. The molecule has 19 heavy (non-hydrogen) atoms. The molecular weight excluding hydrogens is 238 g/mol. The van der Waals surface area contributed by atoms with E-state index in [1.165, 1.54) is 5.56 Å². The lowest BCUT2D eigenvalue weighted by Gasteiger charge is -2.20. The molecule has 2 atom stereocenters. The van der Waals surface area contributed by atoms with Gasteiger partial charge in [0.2, 0.25) is 0 Å². The molecule has 0 aliphatic rings. The van der Waals surface area contributed by atoms with E-state index in [0.29, 0.717) is 5.92 Å². The van der Waals surface area contributed by atoms with E-state index in [-0.39, 0.29) is 6.04 Å². The van der Waals surface area contributed by atoms with Gasteiger partial charge in [-0.05, 0) is 36.1 Å². The monoisotopic (exact) mass is 259 g/mol. The van der Waals surface area contributed by atoms with E-state index in [1.54, 1.807) is 13.3 Å². The molecule has 4 nitrogen and oxygen atoms in total. The van der Waals surface area contributed by atoms with Gasteiger partial charge < -0.3 is 4.74 Å². The van der Waals surface area contributed by atoms with Crippen LogP contribution in [0.25, 0.3) is 10.9 Å². The Morgan fingerprint density at radius 3 is 2.95 bits per heavy atom. The van der Waals surface area contributed by atoms with Crippen LogP contribution in [0.5, 0.6) is 0 Å². The number of nitrogens with two attached hydrogens (primary N) is 1. The number of pyridine rings is 1. The molecule has 1 heterocycles. The third-order valence-electron chi connectivity index (χ3n) is 3.32. The number of benzene rings is 1. The highest BCUT2D eigenvalue weighted by Gasteiger charge is 2.14. The Morgan fingerprint density at radius 1 is 1.37 bits per heavy atom. The predicted octanol–water partition coefficient (Wildman–Crippen LogP) is 2.41. The van der Waals surface area contributed by atoms with Gasteiger partial charge in [-0.2, -0.15) is 0 Å². The highest BCUT2D eigenvalue weighted by Crippen LogP contribution is 2.23. The first kappa shape index (κ1) is 13.9. The van der Waals surface area contributed by atoms with Gasteiger partial charge in [-0.15, -0.1) is 0 Å².